The average Bonchev–Trinajstić information content (AvgIpc) is 2.47. The molecule has 1 aromatic rings. The van der Waals surface area contributed by atoms with E-state index in [0.29, 0.717) is 17.9 Å². The van der Waals surface area contributed by atoms with Gasteiger partial charge in [0.2, 0.25) is 0 Å². The van der Waals surface area contributed by atoms with E-state index in [1.54, 1.807) is 37.4 Å². The second kappa shape index (κ2) is 10.8. The number of ether oxygens (including phenoxy) is 1. The molecule has 6 nitrogen and oxygen atoms in total. The number of hydrogen-bond acceptors (Lipinski definition) is 4. The summed E-state index contributed by atoms with van der Waals surface area (Å²) in [5.41, 5.74) is 5.83. The Kier molecular flexibility index (Phi) is 10.4. The van der Waals surface area contributed by atoms with Crippen LogP contribution in [0.25, 0.3) is 0 Å². The topological polar surface area (TPSA) is 93.8 Å². The van der Waals surface area contributed by atoms with E-state index in [1.807, 2.05) is 13.8 Å². The minimum absolute atomic E-state index is 0. The zero-order valence-electron chi connectivity index (χ0n) is 13.7. The van der Waals surface area contributed by atoms with Crippen molar-refractivity contribution in [2.24, 2.45) is 10.7 Å². The molecular weight excluding hydrogens is 429 g/mol. The number of methoxy groups -OCH3 is 1. The minimum atomic E-state index is -3.37. The number of benzene rings is 1. The molecule has 0 aliphatic heterocycles. The summed E-state index contributed by atoms with van der Waals surface area (Å²) in [6.45, 7) is 4.30. The monoisotopic (exact) mass is 455 g/mol. The van der Waals surface area contributed by atoms with Gasteiger partial charge in [-0.25, -0.2) is 13.4 Å². The quantitative estimate of drug-likeness (QED) is 0.354. The first-order valence-corrected chi connectivity index (χ1v) is 8.90. The lowest BCUT2D eigenvalue weighted by atomic mass is 10.3. The molecule has 8 heteroatoms. The Morgan fingerprint density at radius 3 is 2.48 bits per heavy atom. The number of halogens is 1. The van der Waals surface area contributed by atoms with Crippen LogP contribution in [-0.4, -0.2) is 45.9 Å². The molecule has 0 heterocycles. The van der Waals surface area contributed by atoms with Gasteiger partial charge in [-0.15, -0.1) is 24.0 Å². The molecule has 0 aliphatic rings. The van der Waals surface area contributed by atoms with Gasteiger partial charge in [-0.3, -0.25) is 0 Å². The summed E-state index contributed by atoms with van der Waals surface area (Å²) >= 11 is 0. The molecule has 0 saturated carbocycles. The normalized spacial score (nSPS) is 14.7. The van der Waals surface area contributed by atoms with Crippen LogP contribution < -0.4 is 11.1 Å². The van der Waals surface area contributed by atoms with Crippen LogP contribution in [0, 0.1) is 0 Å². The van der Waals surface area contributed by atoms with Gasteiger partial charge in [0.1, 0.15) is 0 Å². The molecule has 2 unspecified atom stereocenters. The molecule has 3 N–H and O–H groups in total. The van der Waals surface area contributed by atoms with Gasteiger partial charge in [0.25, 0.3) is 0 Å². The van der Waals surface area contributed by atoms with E-state index in [0.717, 1.165) is 0 Å². The number of nitrogens with zero attached hydrogens (tertiary/aromatic N) is 1. The number of rotatable bonds is 8. The van der Waals surface area contributed by atoms with Crippen molar-refractivity contribution < 1.29 is 13.2 Å². The molecule has 0 radical (unpaired) electrons. The first-order chi connectivity index (χ1) is 10.4. The molecule has 1 aromatic carbocycles. The highest BCUT2D eigenvalue weighted by Gasteiger charge is 2.20. The molecule has 0 aliphatic carbocycles. The first kappa shape index (κ1) is 22.1. The van der Waals surface area contributed by atoms with Crippen molar-refractivity contribution >= 4 is 39.8 Å². The standard InChI is InChI=1S/C15H25N3O3S.HI/c1-4-13(18-15(16)17-12(2)10-21-3)11-22(19,20)14-8-6-5-7-9-14;/h5-9,12-13H,4,10-11H2,1-3H3,(H3,16,17,18);1H. The second-order valence-electron chi connectivity index (χ2n) is 5.17. The summed E-state index contributed by atoms with van der Waals surface area (Å²) in [7, 11) is -1.77. The second-order valence-corrected chi connectivity index (χ2v) is 7.21. The van der Waals surface area contributed by atoms with Gasteiger partial charge < -0.3 is 15.8 Å². The fourth-order valence-corrected chi connectivity index (χ4v) is 3.58. The van der Waals surface area contributed by atoms with Crippen molar-refractivity contribution in [1.82, 2.24) is 5.32 Å². The third-order valence-corrected chi connectivity index (χ3v) is 4.93. The molecule has 0 spiro atoms. The number of nitrogens with two attached hydrogens (primary N) is 1. The number of guanidine groups is 1. The van der Waals surface area contributed by atoms with Gasteiger partial charge in [-0.05, 0) is 25.5 Å². The highest BCUT2D eigenvalue weighted by Crippen LogP contribution is 2.13. The van der Waals surface area contributed by atoms with Crippen LogP contribution in [-0.2, 0) is 14.6 Å². The van der Waals surface area contributed by atoms with E-state index >= 15 is 0 Å². The van der Waals surface area contributed by atoms with Gasteiger partial charge in [-0.2, -0.15) is 0 Å². The summed E-state index contributed by atoms with van der Waals surface area (Å²) in [5.74, 6) is 0.175. The Hall–Kier alpha value is -0.870. The summed E-state index contributed by atoms with van der Waals surface area (Å²) in [5, 5.41) is 2.98. The Balaban J connectivity index is 0.00000484. The highest BCUT2D eigenvalue weighted by atomic mass is 127. The number of sulfone groups is 1. The fourth-order valence-electron chi connectivity index (χ4n) is 2.00. The van der Waals surface area contributed by atoms with Crippen molar-refractivity contribution in [2.45, 2.75) is 37.2 Å². The van der Waals surface area contributed by atoms with Crippen LogP contribution in [0.5, 0.6) is 0 Å². The van der Waals surface area contributed by atoms with Gasteiger partial charge in [0, 0.05) is 13.2 Å². The molecule has 23 heavy (non-hydrogen) atoms. The van der Waals surface area contributed by atoms with Crippen molar-refractivity contribution in [3.63, 3.8) is 0 Å². The number of hydrogen-bond donors (Lipinski definition) is 2. The summed E-state index contributed by atoms with van der Waals surface area (Å²) in [6.07, 6.45) is 0.590. The van der Waals surface area contributed by atoms with E-state index in [-0.39, 0.29) is 47.8 Å². The van der Waals surface area contributed by atoms with E-state index in [4.69, 9.17) is 10.5 Å². The molecule has 0 fully saturated rings. The number of aliphatic imine (C=N–C) groups is 1. The summed E-state index contributed by atoms with van der Waals surface area (Å²) < 4.78 is 29.7. The van der Waals surface area contributed by atoms with Crippen LogP contribution in [0.2, 0.25) is 0 Å². The molecule has 0 amide bonds. The third kappa shape index (κ3) is 7.98. The fraction of sp³-hybridized carbons (Fsp3) is 0.533. The third-order valence-electron chi connectivity index (χ3n) is 3.12. The van der Waals surface area contributed by atoms with Crippen LogP contribution in [0.3, 0.4) is 0 Å². The Labute approximate surface area is 155 Å². The van der Waals surface area contributed by atoms with Crippen molar-refractivity contribution in [2.75, 3.05) is 19.5 Å². The summed E-state index contributed by atoms with van der Waals surface area (Å²) in [6, 6.07) is 8.01. The Morgan fingerprint density at radius 2 is 1.96 bits per heavy atom. The molecule has 0 bridgehead atoms. The SMILES string of the molecule is CCC(CS(=O)(=O)c1ccccc1)N=C(N)NC(C)COC.I. The Morgan fingerprint density at radius 1 is 1.35 bits per heavy atom. The maximum Gasteiger partial charge on any atom is 0.189 e. The molecule has 1 rings (SSSR count). The van der Waals surface area contributed by atoms with Crippen molar-refractivity contribution in [3.8, 4) is 0 Å². The Bertz CT molecular complexity index is 579. The smallest absolute Gasteiger partial charge is 0.189 e. The largest absolute Gasteiger partial charge is 0.383 e. The molecule has 2 atom stereocenters. The van der Waals surface area contributed by atoms with Gasteiger partial charge in [0.15, 0.2) is 15.8 Å². The van der Waals surface area contributed by atoms with Crippen molar-refractivity contribution in [3.05, 3.63) is 30.3 Å². The van der Waals surface area contributed by atoms with Gasteiger partial charge in [0.05, 0.1) is 23.3 Å². The predicted molar refractivity (Wildman–Crippen MR) is 104 cm³/mol. The molecular formula is C15H26IN3O3S. The van der Waals surface area contributed by atoms with E-state index in [2.05, 4.69) is 10.3 Å². The predicted octanol–water partition coefficient (Wildman–Crippen LogP) is 1.80. The van der Waals surface area contributed by atoms with Gasteiger partial charge >= 0.3 is 0 Å². The maximum atomic E-state index is 12.4. The van der Waals surface area contributed by atoms with Crippen LogP contribution >= 0.6 is 24.0 Å². The lowest BCUT2D eigenvalue weighted by Gasteiger charge is -2.16. The lowest BCUT2D eigenvalue weighted by molar-refractivity contribution is 0.179. The van der Waals surface area contributed by atoms with E-state index in [1.165, 1.54) is 0 Å². The minimum Gasteiger partial charge on any atom is -0.383 e. The first-order valence-electron chi connectivity index (χ1n) is 7.25. The molecule has 0 saturated heterocycles. The van der Waals surface area contributed by atoms with Gasteiger partial charge in [-0.1, -0.05) is 25.1 Å². The van der Waals surface area contributed by atoms with Crippen molar-refractivity contribution in [1.29, 1.82) is 0 Å². The van der Waals surface area contributed by atoms with Crippen LogP contribution in [0.15, 0.2) is 40.2 Å². The zero-order chi connectivity index (χ0) is 16.6. The van der Waals surface area contributed by atoms with E-state index < -0.39 is 9.84 Å². The summed E-state index contributed by atoms with van der Waals surface area (Å²) in [4.78, 5) is 4.58. The average molecular weight is 455 g/mol. The van der Waals surface area contributed by atoms with E-state index in [9.17, 15) is 8.42 Å². The zero-order valence-corrected chi connectivity index (χ0v) is 16.9. The maximum absolute atomic E-state index is 12.4. The lowest BCUT2D eigenvalue weighted by Crippen LogP contribution is -2.41. The molecule has 0 aromatic heterocycles. The van der Waals surface area contributed by atoms with Crippen LogP contribution in [0.4, 0.5) is 0 Å². The number of nitrogens with one attached hydrogen (secondary N) is 1. The molecule has 132 valence electrons. The van der Waals surface area contributed by atoms with Crippen LogP contribution in [0.1, 0.15) is 20.3 Å². The highest BCUT2D eigenvalue weighted by molar-refractivity contribution is 14.0.